The van der Waals surface area contributed by atoms with Crippen molar-refractivity contribution in [2.24, 2.45) is 0 Å². The number of aliphatic hydroxyl groups excluding tert-OH is 2. The SMILES string of the molecule is C=C(O)/C(O)=C\C=C(/C)CC. The number of hydrogen-bond donors (Lipinski definition) is 2. The molecular weight excluding hydrogens is 140 g/mol. The maximum atomic E-state index is 8.94. The number of hydrogen-bond acceptors (Lipinski definition) is 2. The largest absolute Gasteiger partial charge is 0.505 e. The van der Waals surface area contributed by atoms with Crippen LogP contribution < -0.4 is 0 Å². The summed E-state index contributed by atoms with van der Waals surface area (Å²) in [5, 5.41) is 17.6. The molecule has 0 aliphatic heterocycles. The van der Waals surface area contributed by atoms with Crippen molar-refractivity contribution in [3.63, 3.8) is 0 Å². The lowest BCUT2D eigenvalue weighted by molar-refractivity contribution is 0.328. The Bertz CT molecular complexity index is 200. The van der Waals surface area contributed by atoms with E-state index in [1.54, 1.807) is 6.08 Å². The highest BCUT2D eigenvalue weighted by Gasteiger charge is 1.92. The Balaban J connectivity index is 4.22. The van der Waals surface area contributed by atoms with Crippen molar-refractivity contribution in [2.75, 3.05) is 0 Å². The van der Waals surface area contributed by atoms with Crippen LogP contribution in [0.3, 0.4) is 0 Å². The fourth-order valence-corrected chi connectivity index (χ4v) is 0.435. The van der Waals surface area contributed by atoms with Gasteiger partial charge in [-0.2, -0.15) is 0 Å². The third kappa shape index (κ3) is 4.25. The predicted molar refractivity (Wildman–Crippen MR) is 46.5 cm³/mol. The van der Waals surface area contributed by atoms with Crippen LogP contribution in [0.2, 0.25) is 0 Å². The topological polar surface area (TPSA) is 40.5 Å². The van der Waals surface area contributed by atoms with E-state index in [2.05, 4.69) is 6.58 Å². The van der Waals surface area contributed by atoms with Gasteiger partial charge >= 0.3 is 0 Å². The van der Waals surface area contributed by atoms with E-state index >= 15 is 0 Å². The van der Waals surface area contributed by atoms with Gasteiger partial charge in [-0.3, -0.25) is 0 Å². The summed E-state index contributed by atoms with van der Waals surface area (Å²) in [6.45, 7) is 7.13. The first-order chi connectivity index (χ1) is 5.07. The maximum absolute atomic E-state index is 8.94. The van der Waals surface area contributed by atoms with Gasteiger partial charge in [0, 0.05) is 0 Å². The average molecular weight is 154 g/mol. The van der Waals surface area contributed by atoms with Crippen LogP contribution in [0.5, 0.6) is 0 Å². The molecule has 2 heteroatoms. The van der Waals surface area contributed by atoms with Crippen molar-refractivity contribution in [3.8, 4) is 0 Å². The van der Waals surface area contributed by atoms with Gasteiger partial charge in [-0.15, -0.1) is 0 Å². The van der Waals surface area contributed by atoms with Crippen molar-refractivity contribution in [1.82, 2.24) is 0 Å². The molecule has 0 saturated heterocycles. The Hall–Kier alpha value is -1.18. The molecule has 0 radical (unpaired) electrons. The van der Waals surface area contributed by atoms with Crippen LogP contribution in [-0.2, 0) is 0 Å². The van der Waals surface area contributed by atoms with Gasteiger partial charge in [0.2, 0.25) is 0 Å². The summed E-state index contributed by atoms with van der Waals surface area (Å²) in [6, 6.07) is 0. The van der Waals surface area contributed by atoms with E-state index in [0.717, 1.165) is 12.0 Å². The van der Waals surface area contributed by atoms with Gasteiger partial charge in [0.25, 0.3) is 0 Å². The van der Waals surface area contributed by atoms with Gasteiger partial charge in [-0.05, 0) is 19.4 Å². The normalized spacial score (nSPS) is 13.3. The van der Waals surface area contributed by atoms with Crippen molar-refractivity contribution < 1.29 is 10.2 Å². The fraction of sp³-hybridized carbons (Fsp3) is 0.333. The fourth-order valence-electron chi connectivity index (χ4n) is 0.435. The number of allylic oxidation sites excluding steroid dienone is 3. The van der Waals surface area contributed by atoms with Crippen molar-refractivity contribution in [3.05, 3.63) is 35.8 Å². The molecule has 0 aromatic rings. The van der Waals surface area contributed by atoms with Gasteiger partial charge in [0.1, 0.15) is 5.76 Å². The number of aliphatic hydroxyl groups is 2. The Morgan fingerprint density at radius 2 is 1.91 bits per heavy atom. The van der Waals surface area contributed by atoms with Crippen LogP contribution in [-0.4, -0.2) is 10.2 Å². The molecule has 0 heterocycles. The molecule has 0 aromatic carbocycles. The zero-order chi connectivity index (χ0) is 8.85. The predicted octanol–water partition coefficient (Wildman–Crippen LogP) is 2.86. The molecule has 0 fully saturated rings. The highest BCUT2D eigenvalue weighted by molar-refractivity contribution is 5.21. The Labute approximate surface area is 67.2 Å². The molecule has 11 heavy (non-hydrogen) atoms. The third-order valence-electron chi connectivity index (χ3n) is 1.38. The minimum atomic E-state index is -0.301. The summed E-state index contributed by atoms with van der Waals surface area (Å²) in [5.74, 6) is -0.483. The second kappa shape index (κ2) is 4.61. The average Bonchev–Trinajstić information content (AvgIpc) is 1.99. The molecule has 0 amide bonds. The number of rotatable bonds is 3. The highest BCUT2D eigenvalue weighted by atomic mass is 16.3. The van der Waals surface area contributed by atoms with Gasteiger partial charge in [-0.25, -0.2) is 0 Å². The van der Waals surface area contributed by atoms with E-state index < -0.39 is 0 Å². The molecule has 0 aliphatic carbocycles. The van der Waals surface area contributed by atoms with E-state index in [0.29, 0.717) is 0 Å². The smallest absolute Gasteiger partial charge is 0.156 e. The molecule has 2 nitrogen and oxygen atoms in total. The first-order valence-electron chi connectivity index (χ1n) is 3.52. The molecule has 0 aliphatic rings. The lowest BCUT2D eigenvalue weighted by atomic mass is 10.2. The quantitative estimate of drug-likeness (QED) is 0.484. The van der Waals surface area contributed by atoms with Crippen LogP contribution in [0.1, 0.15) is 20.3 Å². The summed E-state index contributed by atoms with van der Waals surface area (Å²) in [4.78, 5) is 0. The van der Waals surface area contributed by atoms with Crippen molar-refractivity contribution in [2.45, 2.75) is 20.3 Å². The zero-order valence-corrected chi connectivity index (χ0v) is 6.96. The molecule has 0 unspecified atom stereocenters. The van der Waals surface area contributed by atoms with E-state index in [4.69, 9.17) is 10.2 Å². The highest BCUT2D eigenvalue weighted by Crippen LogP contribution is 2.03. The van der Waals surface area contributed by atoms with Crippen LogP contribution in [0.25, 0.3) is 0 Å². The second-order valence-corrected chi connectivity index (χ2v) is 2.37. The van der Waals surface area contributed by atoms with Crippen LogP contribution >= 0.6 is 0 Å². The molecule has 62 valence electrons. The monoisotopic (exact) mass is 154 g/mol. The van der Waals surface area contributed by atoms with E-state index in [1.165, 1.54) is 6.08 Å². The third-order valence-corrected chi connectivity index (χ3v) is 1.38. The zero-order valence-electron chi connectivity index (χ0n) is 6.96. The van der Waals surface area contributed by atoms with Crippen molar-refractivity contribution in [1.29, 1.82) is 0 Å². The maximum Gasteiger partial charge on any atom is 0.156 e. The molecule has 0 spiro atoms. The first-order valence-corrected chi connectivity index (χ1v) is 3.52. The second-order valence-electron chi connectivity index (χ2n) is 2.37. The lowest BCUT2D eigenvalue weighted by Gasteiger charge is -1.94. The van der Waals surface area contributed by atoms with E-state index in [-0.39, 0.29) is 11.5 Å². The minimum Gasteiger partial charge on any atom is -0.505 e. The summed E-state index contributed by atoms with van der Waals surface area (Å²) >= 11 is 0. The molecule has 0 bridgehead atoms. The summed E-state index contributed by atoms with van der Waals surface area (Å²) in [5.41, 5.74) is 1.14. The standard InChI is InChI=1S/C9H14O2/c1-4-7(2)5-6-9(11)8(3)10/h5-6,10-11H,3-4H2,1-2H3/b7-5+,9-6+. The summed E-state index contributed by atoms with van der Waals surface area (Å²) < 4.78 is 0. The Morgan fingerprint density at radius 1 is 1.36 bits per heavy atom. The lowest BCUT2D eigenvalue weighted by Crippen LogP contribution is -1.83. The Kier molecular flexibility index (Phi) is 4.11. The van der Waals surface area contributed by atoms with E-state index in [1.807, 2.05) is 13.8 Å². The van der Waals surface area contributed by atoms with Gasteiger partial charge < -0.3 is 10.2 Å². The van der Waals surface area contributed by atoms with Crippen LogP contribution in [0.15, 0.2) is 35.8 Å². The minimum absolute atomic E-state index is 0.183. The molecule has 0 saturated carbocycles. The summed E-state index contributed by atoms with van der Waals surface area (Å²) in [7, 11) is 0. The molecule has 0 atom stereocenters. The molecule has 0 rings (SSSR count). The van der Waals surface area contributed by atoms with Gasteiger partial charge in [0.05, 0.1) is 0 Å². The van der Waals surface area contributed by atoms with Crippen molar-refractivity contribution >= 4 is 0 Å². The van der Waals surface area contributed by atoms with Crippen LogP contribution in [0, 0.1) is 0 Å². The van der Waals surface area contributed by atoms with Gasteiger partial charge in [-0.1, -0.05) is 25.2 Å². The van der Waals surface area contributed by atoms with Gasteiger partial charge in [0.15, 0.2) is 5.76 Å². The van der Waals surface area contributed by atoms with E-state index in [9.17, 15) is 0 Å². The first kappa shape index (κ1) is 9.82. The molecule has 0 aromatic heterocycles. The van der Waals surface area contributed by atoms with Crippen LogP contribution in [0.4, 0.5) is 0 Å². The molecule has 2 N–H and O–H groups in total. The Morgan fingerprint density at radius 3 is 2.27 bits per heavy atom. The summed E-state index contributed by atoms with van der Waals surface area (Å²) in [6.07, 6.45) is 4.11. The molecular formula is C9H14O2.